The van der Waals surface area contributed by atoms with E-state index in [-0.39, 0.29) is 41.0 Å². The maximum atomic E-state index is 2.26. The van der Waals surface area contributed by atoms with E-state index < -0.39 is 0 Å². The summed E-state index contributed by atoms with van der Waals surface area (Å²) in [6.07, 6.45) is 0. The third-order valence-corrected chi connectivity index (χ3v) is 2.89. The average molecular weight is 399 g/mol. The molecule has 0 N–H and O–H groups in total. The summed E-state index contributed by atoms with van der Waals surface area (Å²) < 4.78 is 0.990. The molecule has 18 heavy (non-hydrogen) atoms. The maximum Gasteiger partial charge on any atom is 2.00 e. The summed E-state index contributed by atoms with van der Waals surface area (Å²) in [6, 6.07) is 19.2. The molecule has 0 fully saturated rings. The molecular weight excluding hydrogens is 377 g/mol. The van der Waals surface area contributed by atoms with E-state index in [1.54, 1.807) is 0 Å². The molecule has 0 saturated carbocycles. The minimum absolute atomic E-state index is 0. The Morgan fingerprint density at radius 1 is 1.00 bits per heavy atom. The second-order valence-corrected chi connectivity index (χ2v) is 4.97. The van der Waals surface area contributed by atoms with Gasteiger partial charge in [0.05, 0.1) is 27.2 Å². The van der Waals surface area contributed by atoms with E-state index in [1.165, 1.54) is 5.56 Å². The minimum atomic E-state index is 0. The molecule has 0 aliphatic carbocycles. The largest absolute Gasteiger partial charge is 2.00 e. The Morgan fingerprint density at radius 3 is 1.83 bits per heavy atom. The smallest absolute Gasteiger partial charge is 1.00 e. The molecule has 2 aromatic carbocycles. The summed E-state index contributed by atoms with van der Waals surface area (Å²) in [6.45, 7) is 2.26. The number of nitrogens with zero attached hydrogens (tertiary/aromatic N) is 1. The van der Waals surface area contributed by atoms with Gasteiger partial charge in [-0.15, -0.1) is 5.56 Å². The Morgan fingerprint density at radius 2 is 1.56 bits per heavy atom. The fraction of sp³-hybridized carbons (Fsp3) is 0.333. The molecule has 0 spiro atoms. The van der Waals surface area contributed by atoms with Crippen molar-refractivity contribution in [2.75, 3.05) is 21.1 Å². The van der Waals surface area contributed by atoms with E-state index >= 15 is 0 Å². The first-order valence-corrected chi connectivity index (χ1v) is 5.71. The second-order valence-electron chi connectivity index (χ2n) is 4.97. The monoisotopic (exact) mass is 399 g/mol. The van der Waals surface area contributed by atoms with Crippen LogP contribution in [0.25, 0.3) is 0 Å². The predicted octanol–water partition coefficient (Wildman–Crippen LogP) is 0.580. The summed E-state index contributed by atoms with van der Waals surface area (Å²) >= 11 is 0. The first kappa shape index (κ1) is 20.2. The van der Waals surface area contributed by atoms with Crippen molar-refractivity contribution < 1.29 is 45.5 Å². The van der Waals surface area contributed by atoms with Gasteiger partial charge >= 0.3 is 17.1 Å². The van der Waals surface area contributed by atoms with Crippen LogP contribution in [-0.4, -0.2) is 25.6 Å². The Hall–Kier alpha value is -0.0905. The van der Waals surface area contributed by atoms with E-state index in [2.05, 4.69) is 52.3 Å². The van der Waals surface area contributed by atoms with Gasteiger partial charge in [0.1, 0.15) is 0 Å². The quantitative estimate of drug-likeness (QED) is 0.300. The SMILES string of the molecule is CC(c1ccc[cH-]1)[N+](C)(C)C.[Fe+2].[I-].c1cc[cH-]c1. The third kappa shape index (κ3) is 7.37. The van der Waals surface area contributed by atoms with E-state index in [1.807, 2.05) is 30.3 Å². The van der Waals surface area contributed by atoms with Crippen LogP contribution in [0.15, 0.2) is 54.6 Å². The number of hydrogen-bond donors (Lipinski definition) is 0. The van der Waals surface area contributed by atoms with Gasteiger partial charge in [0.25, 0.3) is 0 Å². The zero-order chi connectivity index (χ0) is 12.0. The van der Waals surface area contributed by atoms with Crippen molar-refractivity contribution in [1.29, 1.82) is 0 Å². The summed E-state index contributed by atoms with van der Waals surface area (Å²) in [5, 5.41) is 0. The van der Waals surface area contributed by atoms with Crippen molar-refractivity contribution in [3.63, 3.8) is 0 Å². The molecule has 0 aromatic heterocycles. The van der Waals surface area contributed by atoms with Gasteiger partial charge in [0, 0.05) is 0 Å². The molecule has 0 aliphatic rings. The second kappa shape index (κ2) is 9.79. The molecule has 0 amide bonds. The van der Waals surface area contributed by atoms with Crippen LogP contribution in [-0.2, 0) is 17.1 Å². The Kier molecular flexibility index (Phi) is 11.0. The summed E-state index contributed by atoms with van der Waals surface area (Å²) in [7, 11) is 6.66. The predicted molar refractivity (Wildman–Crippen MR) is 70.5 cm³/mol. The first-order chi connectivity index (χ1) is 7.52. The number of hydrogen-bond acceptors (Lipinski definition) is 0. The molecule has 0 radical (unpaired) electrons. The van der Waals surface area contributed by atoms with E-state index in [0.29, 0.717) is 6.04 Å². The topological polar surface area (TPSA) is 0 Å². The number of halogens is 1. The standard InChI is InChI=1S/C10H17N.C5H5.Fe.HI/c1-9(11(2,3)4)10-7-5-6-8-10;1-2-4-5-3-1;;/h5-9H,1-4H3;1-5H;;1H/q;-1;+2;/p-1. The fourth-order valence-electron chi connectivity index (χ4n) is 1.44. The molecule has 0 saturated heterocycles. The van der Waals surface area contributed by atoms with Gasteiger partial charge in [-0.2, -0.15) is 30.3 Å². The van der Waals surface area contributed by atoms with Crippen LogP contribution in [0.1, 0.15) is 18.5 Å². The van der Waals surface area contributed by atoms with Crippen LogP contribution in [0.5, 0.6) is 0 Å². The Bertz CT molecular complexity index is 342. The zero-order valence-corrected chi connectivity index (χ0v) is 14.7. The van der Waals surface area contributed by atoms with Gasteiger partial charge in [-0.25, -0.2) is 24.3 Å². The minimum Gasteiger partial charge on any atom is -1.00 e. The summed E-state index contributed by atoms with van der Waals surface area (Å²) in [5.41, 5.74) is 1.43. The van der Waals surface area contributed by atoms with Crippen molar-refractivity contribution in [3.05, 3.63) is 60.2 Å². The van der Waals surface area contributed by atoms with Crippen molar-refractivity contribution in [1.82, 2.24) is 0 Å². The fourth-order valence-corrected chi connectivity index (χ4v) is 1.44. The average Bonchev–Trinajstić information content (AvgIpc) is 2.91. The molecule has 0 aliphatic heterocycles. The van der Waals surface area contributed by atoms with Crippen LogP contribution in [0, 0.1) is 0 Å². The Balaban J connectivity index is 0. The number of rotatable bonds is 2. The van der Waals surface area contributed by atoms with Gasteiger partial charge < -0.3 is 28.5 Å². The van der Waals surface area contributed by atoms with Crippen LogP contribution in [0.3, 0.4) is 0 Å². The van der Waals surface area contributed by atoms with Crippen molar-refractivity contribution >= 4 is 0 Å². The van der Waals surface area contributed by atoms with Gasteiger partial charge in [0.15, 0.2) is 0 Å². The third-order valence-electron chi connectivity index (χ3n) is 2.89. The van der Waals surface area contributed by atoms with E-state index in [9.17, 15) is 0 Å². The molecule has 0 heterocycles. The molecule has 0 bridgehead atoms. The van der Waals surface area contributed by atoms with Crippen LogP contribution in [0.2, 0.25) is 0 Å². The number of quaternary nitrogens is 1. The van der Waals surface area contributed by atoms with Crippen molar-refractivity contribution in [3.8, 4) is 0 Å². The Labute approximate surface area is 139 Å². The van der Waals surface area contributed by atoms with E-state index in [4.69, 9.17) is 0 Å². The van der Waals surface area contributed by atoms with Crippen molar-refractivity contribution in [2.24, 2.45) is 0 Å². The van der Waals surface area contributed by atoms with Gasteiger partial charge in [-0.05, 0) is 6.92 Å². The van der Waals surface area contributed by atoms with Crippen molar-refractivity contribution in [2.45, 2.75) is 13.0 Å². The van der Waals surface area contributed by atoms with Crippen LogP contribution in [0.4, 0.5) is 0 Å². The maximum absolute atomic E-state index is 2.26. The van der Waals surface area contributed by atoms with Crippen LogP contribution >= 0.6 is 0 Å². The molecular formula is C15H22FeIN. The molecule has 1 unspecified atom stereocenters. The molecule has 102 valence electrons. The molecule has 1 atom stereocenters. The van der Waals surface area contributed by atoms with E-state index in [0.717, 1.165) is 4.48 Å². The van der Waals surface area contributed by atoms with Gasteiger partial charge in [0.2, 0.25) is 0 Å². The zero-order valence-electron chi connectivity index (χ0n) is 11.5. The first-order valence-electron chi connectivity index (χ1n) is 5.71. The molecule has 3 heteroatoms. The van der Waals surface area contributed by atoms with Crippen LogP contribution < -0.4 is 24.0 Å². The normalized spacial score (nSPS) is 11.3. The molecule has 1 nitrogen and oxygen atoms in total. The molecule has 2 rings (SSSR count). The van der Waals surface area contributed by atoms with Gasteiger partial charge in [-0.3, -0.25) is 0 Å². The summed E-state index contributed by atoms with van der Waals surface area (Å²) in [5.74, 6) is 0. The summed E-state index contributed by atoms with van der Waals surface area (Å²) in [4.78, 5) is 0. The van der Waals surface area contributed by atoms with Gasteiger partial charge in [-0.1, -0.05) is 0 Å². The molecule has 2 aromatic rings.